The van der Waals surface area contributed by atoms with Gasteiger partial charge in [-0.2, -0.15) is 15.2 Å². The average molecular weight is 847 g/mol. The lowest BCUT2D eigenvalue weighted by atomic mass is 9.81. The van der Waals surface area contributed by atoms with Gasteiger partial charge in [0.05, 0.1) is 15.7 Å². The number of anilines is 3. The van der Waals surface area contributed by atoms with Crippen molar-refractivity contribution in [1.29, 1.82) is 0 Å². The average Bonchev–Trinajstić information content (AvgIpc) is 3.46. The van der Waals surface area contributed by atoms with Gasteiger partial charge in [0.1, 0.15) is 11.4 Å². The lowest BCUT2D eigenvalue weighted by molar-refractivity contribution is -0.123. The van der Waals surface area contributed by atoms with E-state index >= 15 is 0 Å². The van der Waals surface area contributed by atoms with Gasteiger partial charge in [-0.3, -0.25) is 19.2 Å². The fraction of sp³-hybridized carbons (Fsp3) is 0.326. The summed E-state index contributed by atoms with van der Waals surface area (Å²) in [6, 6.07) is 20.2. The fourth-order valence-electron chi connectivity index (χ4n) is 5.68. The van der Waals surface area contributed by atoms with Crippen LogP contribution in [0, 0.1) is 12.3 Å². The molecule has 0 bridgehead atoms. The number of carbonyl (C=O) groups is 4. The Hall–Kier alpha value is -5.30. The van der Waals surface area contributed by atoms with E-state index in [4.69, 9.17) is 39.5 Å². The van der Waals surface area contributed by atoms with Gasteiger partial charge in [0, 0.05) is 32.9 Å². The van der Waals surface area contributed by atoms with Gasteiger partial charge in [0.2, 0.25) is 11.9 Å². The molecule has 1 aliphatic rings. The number of rotatable bonds is 12. The Labute approximate surface area is 353 Å². The van der Waals surface area contributed by atoms with Gasteiger partial charge >= 0.3 is 0 Å². The number of hydrogen-bond acceptors (Lipinski definition) is 8. The van der Waals surface area contributed by atoms with E-state index in [-0.39, 0.29) is 49.4 Å². The van der Waals surface area contributed by atoms with Crippen molar-refractivity contribution in [1.82, 2.24) is 5.32 Å². The summed E-state index contributed by atoms with van der Waals surface area (Å²) in [5.74, 6) is -1.42. The van der Waals surface area contributed by atoms with Gasteiger partial charge in [0.25, 0.3) is 17.7 Å². The summed E-state index contributed by atoms with van der Waals surface area (Å²) in [6.45, 7) is 15.7. The molecule has 0 saturated carbocycles. The second-order valence-electron chi connectivity index (χ2n) is 15.5. The number of halogens is 3. The van der Waals surface area contributed by atoms with E-state index in [9.17, 15) is 19.2 Å². The number of ether oxygens (including phenoxy) is 1. The van der Waals surface area contributed by atoms with Crippen molar-refractivity contribution >= 4 is 87.0 Å². The minimum atomic E-state index is -1.42. The van der Waals surface area contributed by atoms with Gasteiger partial charge in [-0.25, -0.2) is 0 Å². The number of nitrogens with zero attached hydrogens (tertiary/aromatic N) is 4. The molecule has 15 heteroatoms. The van der Waals surface area contributed by atoms with Crippen LogP contribution in [0.3, 0.4) is 0 Å². The number of nitrogens with one attached hydrogen (secondary N) is 3. The van der Waals surface area contributed by atoms with E-state index in [1.165, 1.54) is 18.2 Å². The normalized spacial score (nSPS) is 14.9. The first-order valence-electron chi connectivity index (χ1n) is 18.7. The Morgan fingerprint density at radius 2 is 1.53 bits per heavy atom. The van der Waals surface area contributed by atoms with Crippen molar-refractivity contribution in [2.75, 3.05) is 15.6 Å². The second-order valence-corrected chi connectivity index (χ2v) is 16.7. The molecule has 2 unspecified atom stereocenters. The van der Waals surface area contributed by atoms with Gasteiger partial charge in [-0.05, 0) is 85.8 Å². The predicted molar refractivity (Wildman–Crippen MR) is 231 cm³/mol. The Balaban J connectivity index is 1.37. The van der Waals surface area contributed by atoms with Crippen molar-refractivity contribution in [3.05, 3.63) is 111 Å². The zero-order valence-corrected chi connectivity index (χ0v) is 35.8. The molecule has 0 saturated heterocycles. The molecule has 0 radical (unpaired) electrons. The quantitative estimate of drug-likeness (QED) is 0.121. The molecule has 5 rings (SSSR count). The summed E-state index contributed by atoms with van der Waals surface area (Å²) in [7, 11) is 0. The minimum absolute atomic E-state index is 0.0366. The molecule has 12 nitrogen and oxygen atoms in total. The zero-order valence-electron chi connectivity index (χ0n) is 33.5. The number of aryl methyl sites for hydroxylation is 1. The van der Waals surface area contributed by atoms with E-state index in [0.29, 0.717) is 29.2 Å². The zero-order chi connectivity index (χ0) is 42.5. The maximum absolute atomic E-state index is 13.9. The third-order valence-corrected chi connectivity index (χ3v) is 10.3. The topological polar surface area (TPSA) is 154 Å². The Morgan fingerprint density at radius 1 is 0.862 bits per heavy atom. The summed E-state index contributed by atoms with van der Waals surface area (Å²) in [5.41, 5.74) is 2.80. The Kier molecular flexibility index (Phi) is 13.7. The van der Waals surface area contributed by atoms with E-state index in [0.717, 1.165) is 22.6 Å². The summed E-state index contributed by atoms with van der Waals surface area (Å²) < 4.78 is 6.31. The molecule has 4 aromatic carbocycles. The third-order valence-electron chi connectivity index (χ3n) is 9.51. The monoisotopic (exact) mass is 845 g/mol. The van der Waals surface area contributed by atoms with Gasteiger partial charge < -0.3 is 20.7 Å². The maximum Gasteiger partial charge on any atom is 0.282 e. The fourth-order valence-corrected chi connectivity index (χ4v) is 6.66. The van der Waals surface area contributed by atoms with Crippen LogP contribution in [-0.4, -0.2) is 41.6 Å². The van der Waals surface area contributed by atoms with Crippen molar-refractivity contribution in [2.24, 2.45) is 20.7 Å². The Bertz CT molecular complexity index is 2260. The molecule has 3 N–H and O–H groups in total. The summed E-state index contributed by atoms with van der Waals surface area (Å²) in [6.07, 6.45) is 0.460. The molecule has 1 heterocycles. The third kappa shape index (κ3) is 10.4. The largest absolute Gasteiger partial charge is 0.480 e. The second kappa shape index (κ2) is 18.1. The SMILES string of the molecule is CCC(Oc1ccc(C)cc1C(C)(C)CC)C(=O)Nc1cccc(C(=O)NC2=NN(c3c(Cl)cc(Cl)cc3Cl)C(=O)C2N=Nc2ccc(NC(=O)C(C)(C)C)cc2)c1. The molecular weight excluding hydrogens is 801 g/mol. The first-order chi connectivity index (χ1) is 27.3. The summed E-state index contributed by atoms with van der Waals surface area (Å²) in [5, 5.41) is 22.5. The molecule has 0 fully saturated rings. The number of benzene rings is 4. The standard InChI is InChI=1S/C43H46Cl3N7O5/c1-9-33(58-34-19-14-24(3)20-30(34)43(7,8)10-2)39(55)47-29-13-11-12-25(21-29)38(54)49-37-35(40(56)53(52-37)36-31(45)22-26(44)23-32(36)46)51-50-28-17-15-27(16-18-28)48-41(57)42(4,5)6/h11-23,33,35H,9-10H2,1-8H3,(H,47,55)(H,48,57)(H,49,52,54). The highest BCUT2D eigenvalue weighted by atomic mass is 35.5. The smallest absolute Gasteiger partial charge is 0.282 e. The number of azo groups is 1. The highest BCUT2D eigenvalue weighted by Crippen LogP contribution is 2.39. The molecule has 58 heavy (non-hydrogen) atoms. The highest BCUT2D eigenvalue weighted by molar-refractivity contribution is 6.43. The summed E-state index contributed by atoms with van der Waals surface area (Å²) in [4.78, 5) is 53.6. The van der Waals surface area contributed by atoms with E-state index < -0.39 is 29.4 Å². The molecule has 2 atom stereocenters. The van der Waals surface area contributed by atoms with Crippen LogP contribution in [0.5, 0.6) is 5.75 Å². The minimum Gasteiger partial charge on any atom is -0.480 e. The van der Waals surface area contributed by atoms with Crippen LogP contribution in [-0.2, 0) is 19.8 Å². The van der Waals surface area contributed by atoms with E-state index in [1.807, 2.05) is 26.0 Å². The lowest BCUT2D eigenvalue weighted by Crippen LogP contribution is -2.39. The lowest BCUT2D eigenvalue weighted by Gasteiger charge is -2.28. The Morgan fingerprint density at radius 3 is 2.16 bits per heavy atom. The molecule has 4 aromatic rings. The summed E-state index contributed by atoms with van der Waals surface area (Å²) >= 11 is 19.0. The molecule has 1 aliphatic heterocycles. The van der Waals surface area contributed by atoms with Crippen LogP contribution in [0.4, 0.5) is 22.7 Å². The molecular formula is C43H46Cl3N7O5. The molecule has 4 amide bonds. The predicted octanol–water partition coefficient (Wildman–Crippen LogP) is 10.7. The van der Waals surface area contributed by atoms with Gasteiger partial charge in [-0.1, -0.05) is 107 Å². The van der Waals surface area contributed by atoms with Gasteiger partial charge in [0.15, 0.2) is 11.9 Å². The first kappa shape index (κ1) is 43.8. The number of carbonyl (C=O) groups excluding carboxylic acids is 4. The van der Waals surface area contributed by atoms with Crippen LogP contribution < -0.4 is 25.7 Å². The van der Waals surface area contributed by atoms with Crippen LogP contribution in [0.25, 0.3) is 0 Å². The molecule has 0 spiro atoms. The molecule has 0 aromatic heterocycles. The van der Waals surface area contributed by atoms with Crippen molar-refractivity contribution in [2.45, 2.75) is 85.8 Å². The first-order valence-corrected chi connectivity index (χ1v) is 19.8. The van der Waals surface area contributed by atoms with E-state index in [1.54, 1.807) is 63.2 Å². The van der Waals surface area contributed by atoms with Crippen molar-refractivity contribution in [3.8, 4) is 5.75 Å². The van der Waals surface area contributed by atoms with Crippen LogP contribution >= 0.6 is 34.8 Å². The number of hydrogen-bond donors (Lipinski definition) is 3. The number of amidine groups is 1. The van der Waals surface area contributed by atoms with Crippen LogP contribution in [0.2, 0.25) is 15.1 Å². The van der Waals surface area contributed by atoms with Crippen LogP contribution in [0.15, 0.2) is 94.2 Å². The highest BCUT2D eigenvalue weighted by Gasteiger charge is 2.40. The van der Waals surface area contributed by atoms with E-state index in [2.05, 4.69) is 58.1 Å². The molecule has 0 aliphatic carbocycles. The maximum atomic E-state index is 13.9. The van der Waals surface area contributed by atoms with Crippen LogP contribution in [0.1, 0.15) is 82.8 Å². The number of hydrazone groups is 1. The number of amides is 4. The van der Waals surface area contributed by atoms with Crippen molar-refractivity contribution in [3.63, 3.8) is 0 Å². The van der Waals surface area contributed by atoms with Crippen molar-refractivity contribution < 1.29 is 23.9 Å². The molecule has 304 valence electrons. The van der Waals surface area contributed by atoms with Gasteiger partial charge in [-0.15, -0.1) is 5.10 Å².